The van der Waals surface area contributed by atoms with Crippen molar-refractivity contribution >= 4 is 5.91 Å². The van der Waals surface area contributed by atoms with Crippen molar-refractivity contribution in [3.8, 4) is 11.5 Å². The summed E-state index contributed by atoms with van der Waals surface area (Å²) in [6.07, 6.45) is 2.97. The standard InChI is InChI=1S/C29H33FN2O3/c1-34-28-19-23(12-13-27(28)35-22-25-10-7-11-26(30)18-25)14-17-31(20-24-8-3-2-4-9-24)21-29(33)32-15-5-6-16-32/h2-4,7-13,18-19H,5-6,14-17,20-22H2,1H3. The molecule has 4 rings (SSSR count). The van der Waals surface area contributed by atoms with Gasteiger partial charge in [0, 0.05) is 26.2 Å². The molecule has 1 heterocycles. The van der Waals surface area contributed by atoms with Crippen molar-refractivity contribution in [1.29, 1.82) is 0 Å². The van der Waals surface area contributed by atoms with Gasteiger partial charge in [-0.15, -0.1) is 0 Å². The van der Waals surface area contributed by atoms with Gasteiger partial charge in [-0.2, -0.15) is 0 Å². The smallest absolute Gasteiger partial charge is 0.236 e. The second-order valence-electron chi connectivity index (χ2n) is 8.94. The molecular formula is C29H33FN2O3. The minimum Gasteiger partial charge on any atom is -0.493 e. The quantitative estimate of drug-likeness (QED) is 0.387. The Hall–Kier alpha value is -3.38. The summed E-state index contributed by atoms with van der Waals surface area (Å²) in [5, 5.41) is 0. The van der Waals surface area contributed by atoms with Crippen molar-refractivity contribution in [2.75, 3.05) is 33.3 Å². The van der Waals surface area contributed by atoms with Crippen LogP contribution in [0.1, 0.15) is 29.5 Å². The molecule has 0 saturated carbocycles. The third kappa shape index (κ3) is 7.30. The van der Waals surface area contributed by atoms with E-state index >= 15 is 0 Å². The Balaban J connectivity index is 1.39. The normalized spacial score (nSPS) is 13.3. The highest BCUT2D eigenvalue weighted by Crippen LogP contribution is 2.29. The molecular weight excluding hydrogens is 443 g/mol. The van der Waals surface area contributed by atoms with E-state index in [9.17, 15) is 9.18 Å². The van der Waals surface area contributed by atoms with Crippen molar-refractivity contribution < 1.29 is 18.7 Å². The van der Waals surface area contributed by atoms with Gasteiger partial charge in [-0.3, -0.25) is 9.69 Å². The average Bonchev–Trinajstić information content (AvgIpc) is 3.42. The van der Waals surface area contributed by atoms with E-state index in [1.165, 1.54) is 17.7 Å². The third-order valence-electron chi connectivity index (χ3n) is 6.29. The van der Waals surface area contributed by atoms with Crippen LogP contribution in [0.15, 0.2) is 72.8 Å². The van der Waals surface area contributed by atoms with Crippen molar-refractivity contribution in [2.24, 2.45) is 0 Å². The Kier molecular flexibility index (Phi) is 8.74. The molecule has 3 aromatic rings. The summed E-state index contributed by atoms with van der Waals surface area (Å²) in [4.78, 5) is 17.0. The largest absolute Gasteiger partial charge is 0.493 e. The Morgan fingerprint density at radius 3 is 2.43 bits per heavy atom. The van der Waals surface area contributed by atoms with Gasteiger partial charge >= 0.3 is 0 Å². The summed E-state index contributed by atoms with van der Waals surface area (Å²) in [6.45, 7) is 3.89. The fourth-order valence-corrected chi connectivity index (χ4v) is 4.38. The van der Waals surface area contributed by atoms with Gasteiger partial charge in [0.05, 0.1) is 13.7 Å². The van der Waals surface area contributed by atoms with Gasteiger partial charge in [-0.1, -0.05) is 48.5 Å². The van der Waals surface area contributed by atoms with Crippen LogP contribution in [-0.2, 0) is 24.4 Å². The molecule has 1 amide bonds. The van der Waals surface area contributed by atoms with Gasteiger partial charge in [0.15, 0.2) is 11.5 Å². The first-order valence-electron chi connectivity index (χ1n) is 12.2. The molecule has 0 unspecified atom stereocenters. The zero-order valence-corrected chi connectivity index (χ0v) is 20.3. The van der Waals surface area contributed by atoms with E-state index in [1.54, 1.807) is 13.2 Å². The van der Waals surface area contributed by atoms with Crippen LogP contribution in [-0.4, -0.2) is 49.0 Å². The minimum atomic E-state index is -0.281. The summed E-state index contributed by atoms with van der Waals surface area (Å²) >= 11 is 0. The summed E-state index contributed by atoms with van der Waals surface area (Å²) in [5.41, 5.74) is 3.06. The van der Waals surface area contributed by atoms with Crippen molar-refractivity contribution in [1.82, 2.24) is 9.80 Å². The molecule has 184 valence electrons. The molecule has 0 spiro atoms. The molecule has 6 heteroatoms. The molecule has 0 aliphatic carbocycles. The van der Waals surface area contributed by atoms with E-state index < -0.39 is 0 Å². The van der Waals surface area contributed by atoms with E-state index in [-0.39, 0.29) is 18.3 Å². The lowest BCUT2D eigenvalue weighted by molar-refractivity contribution is -0.131. The van der Waals surface area contributed by atoms with E-state index in [0.717, 1.165) is 56.6 Å². The number of hydrogen-bond donors (Lipinski definition) is 0. The van der Waals surface area contributed by atoms with Crippen molar-refractivity contribution in [3.63, 3.8) is 0 Å². The van der Waals surface area contributed by atoms with Crippen molar-refractivity contribution in [2.45, 2.75) is 32.4 Å². The van der Waals surface area contributed by atoms with E-state index in [1.807, 2.05) is 47.4 Å². The molecule has 5 nitrogen and oxygen atoms in total. The maximum absolute atomic E-state index is 13.4. The summed E-state index contributed by atoms with van der Waals surface area (Å²) < 4.78 is 24.9. The molecule has 35 heavy (non-hydrogen) atoms. The Morgan fingerprint density at radius 1 is 0.914 bits per heavy atom. The Morgan fingerprint density at radius 2 is 1.69 bits per heavy atom. The van der Waals surface area contributed by atoms with Crippen LogP contribution in [0.4, 0.5) is 4.39 Å². The molecule has 1 fully saturated rings. The average molecular weight is 477 g/mol. The molecule has 1 aliphatic rings. The number of likely N-dealkylation sites (tertiary alicyclic amines) is 1. The van der Waals surface area contributed by atoms with E-state index in [4.69, 9.17) is 9.47 Å². The first-order valence-corrected chi connectivity index (χ1v) is 12.2. The molecule has 1 saturated heterocycles. The molecule has 0 radical (unpaired) electrons. The van der Waals surface area contributed by atoms with E-state index in [0.29, 0.717) is 18.0 Å². The fraction of sp³-hybridized carbons (Fsp3) is 0.345. The zero-order valence-electron chi connectivity index (χ0n) is 20.3. The number of nitrogens with zero attached hydrogens (tertiary/aromatic N) is 2. The number of benzene rings is 3. The van der Waals surface area contributed by atoms with Gasteiger partial charge in [0.25, 0.3) is 0 Å². The Bertz CT molecular complexity index is 1100. The van der Waals surface area contributed by atoms with Gasteiger partial charge in [-0.05, 0) is 60.2 Å². The lowest BCUT2D eigenvalue weighted by atomic mass is 10.1. The van der Waals surface area contributed by atoms with Crippen LogP contribution < -0.4 is 9.47 Å². The third-order valence-corrected chi connectivity index (χ3v) is 6.29. The van der Waals surface area contributed by atoms with Crippen LogP contribution in [0.25, 0.3) is 0 Å². The van der Waals surface area contributed by atoms with Crippen LogP contribution in [0.3, 0.4) is 0 Å². The van der Waals surface area contributed by atoms with Crippen molar-refractivity contribution in [3.05, 3.63) is 95.3 Å². The van der Waals surface area contributed by atoms with Gasteiger partial charge in [0.2, 0.25) is 5.91 Å². The number of hydrogen-bond acceptors (Lipinski definition) is 4. The highest BCUT2D eigenvalue weighted by Gasteiger charge is 2.20. The lowest BCUT2D eigenvalue weighted by Crippen LogP contribution is -2.39. The maximum Gasteiger partial charge on any atom is 0.236 e. The number of ether oxygens (including phenoxy) is 2. The molecule has 0 aromatic heterocycles. The fourth-order valence-electron chi connectivity index (χ4n) is 4.38. The maximum atomic E-state index is 13.4. The topological polar surface area (TPSA) is 42.0 Å². The number of amides is 1. The number of carbonyl (C=O) groups excluding carboxylic acids is 1. The highest BCUT2D eigenvalue weighted by molar-refractivity contribution is 5.78. The second-order valence-corrected chi connectivity index (χ2v) is 8.94. The van der Waals surface area contributed by atoms with Crippen LogP contribution in [0.5, 0.6) is 11.5 Å². The number of rotatable bonds is 11. The second kappa shape index (κ2) is 12.4. The number of halogens is 1. The van der Waals surface area contributed by atoms with Crippen LogP contribution in [0.2, 0.25) is 0 Å². The van der Waals surface area contributed by atoms with E-state index in [2.05, 4.69) is 17.0 Å². The summed E-state index contributed by atoms with van der Waals surface area (Å²) in [7, 11) is 1.62. The molecule has 3 aromatic carbocycles. The minimum absolute atomic E-state index is 0.206. The monoisotopic (exact) mass is 476 g/mol. The molecule has 0 bridgehead atoms. The first-order chi connectivity index (χ1) is 17.1. The predicted molar refractivity (Wildman–Crippen MR) is 135 cm³/mol. The summed E-state index contributed by atoms with van der Waals surface area (Å²) in [6, 6.07) is 22.5. The van der Waals surface area contributed by atoms with Gasteiger partial charge in [0.1, 0.15) is 12.4 Å². The Labute approximate surface area is 207 Å². The SMILES string of the molecule is COc1cc(CCN(CC(=O)N2CCCC2)Cc2ccccc2)ccc1OCc1cccc(F)c1. The molecule has 0 N–H and O–H groups in total. The number of methoxy groups -OCH3 is 1. The zero-order chi connectivity index (χ0) is 24.5. The van der Waals surface area contributed by atoms with Crippen LogP contribution in [0, 0.1) is 5.82 Å². The molecule has 0 atom stereocenters. The van der Waals surface area contributed by atoms with Crippen LogP contribution >= 0.6 is 0 Å². The van der Waals surface area contributed by atoms with Gasteiger partial charge in [-0.25, -0.2) is 4.39 Å². The summed E-state index contributed by atoms with van der Waals surface area (Å²) in [5.74, 6) is 1.18. The highest BCUT2D eigenvalue weighted by atomic mass is 19.1. The molecule has 1 aliphatic heterocycles. The first kappa shape index (κ1) is 24.7. The number of carbonyl (C=O) groups is 1. The predicted octanol–water partition coefficient (Wildman–Crippen LogP) is 5.08. The van der Waals surface area contributed by atoms with Gasteiger partial charge < -0.3 is 14.4 Å². The lowest BCUT2D eigenvalue weighted by Gasteiger charge is -2.25.